The lowest BCUT2D eigenvalue weighted by Crippen LogP contribution is -2.12. The van der Waals surface area contributed by atoms with Crippen LogP contribution in [-0.4, -0.2) is 21.9 Å². The second kappa shape index (κ2) is 7.88. The molecule has 4 nitrogen and oxygen atoms in total. The number of hydrogen-bond donors (Lipinski definition) is 2. The number of hydrogen-bond acceptors (Lipinski definition) is 3. The van der Waals surface area contributed by atoms with Gasteiger partial charge in [0, 0.05) is 28.8 Å². The summed E-state index contributed by atoms with van der Waals surface area (Å²) in [6.07, 6.45) is 2.49. The van der Waals surface area contributed by atoms with Gasteiger partial charge in [0.2, 0.25) is 5.91 Å². The first-order valence-electron chi connectivity index (χ1n) is 7.21. The summed E-state index contributed by atoms with van der Waals surface area (Å²) in [6.45, 7) is 4.18. The van der Waals surface area contributed by atoms with E-state index in [2.05, 4.69) is 53.6 Å². The fraction of sp³-hybridized carbons (Fsp3) is 0.375. The predicted octanol–water partition coefficient (Wildman–Crippen LogP) is 3.79. The number of thioether (sulfide) groups is 1. The van der Waals surface area contributed by atoms with Crippen molar-refractivity contribution in [2.75, 3.05) is 11.1 Å². The Balaban J connectivity index is 1.72. The molecule has 1 aromatic carbocycles. The van der Waals surface area contributed by atoms with Crippen LogP contribution >= 0.6 is 11.8 Å². The molecule has 1 heterocycles. The first-order chi connectivity index (χ1) is 10.2. The van der Waals surface area contributed by atoms with Crippen LogP contribution in [-0.2, 0) is 11.2 Å². The van der Waals surface area contributed by atoms with Crippen molar-refractivity contribution in [1.29, 1.82) is 0 Å². The van der Waals surface area contributed by atoms with E-state index in [0.717, 1.165) is 24.3 Å². The van der Waals surface area contributed by atoms with Gasteiger partial charge in [-0.1, -0.05) is 31.0 Å². The van der Waals surface area contributed by atoms with Gasteiger partial charge in [0.1, 0.15) is 0 Å². The Labute approximate surface area is 129 Å². The second-order valence-corrected chi connectivity index (χ2v) is 6.16. The molecule has 21 heavy (non-hydrogen) atoms. The second-order valence-electron chi connectivity index (χ2n) is 4.99. The van der Waals surface area contributed by atoms with Gasteiger partial charge < -0.3 is 5.32 Å². The van der Waals surface area contributed by atoms with Crippen molar-refractivity contribution < 1.29 is 4.79 Å². The number of amides is 1. The number of aromatic amines is 1. The van der Waals surface area contributed by atoms with Crippen LogP contribution < -0.4 is 5.32 Å². The van der Waals surface area contributed by atoms with E-state index in [0.29, 0.717) is 12.2 Å². The largest absolute Gasteiger partial charge is 0.309 e. The number of aryl methyl sites for hydroxylation is 2. The fourth-order valence-corrected chi connectivity index (χ4v) is 2.78. The molecule has 1 amide bonds. The number of aromatic nitrogens is 2. The summed E-state index contributed by atoms with van der Waals surface area (Å²) < 4.78 is 0. The number of nitrogens with one attached hydrogen (secondary N) is 2. The third-order valence-electron chi connectivity index (χ3n) is 3.04. The van der Waals surface area contributed by atoms with Crippen LogP contribution in [0, 0.1) is 6.92 Å². The number of rotatable bonds is 7. The number of H-pyrrole nitrogens is 1. The molecular formula is C16H21N3OS. The standard InChI is InChI=1S/C16H21N3OS/c1-3-4-13-11-15(19-18-13)17-16(20)9-10-21-14-7-5-12(2)6-8-14/h5-8,11H,3-4,9-10H2,1-2H3,(H2,17,18,19,20). The first kappa shape index (κ1) is 15.6. The zero-order valence-electron chi connectivity index (χ0n) is 12.5. The average Bonchev–Trinajstić information content (AvgIpc) is 2.89. The lowest BCUT2D eigenvalue weighted by Gasteiger charge is -2.03. The van der Waals surface area contributed by atoms with Crippen molar-refractivity contribution in [3.63, 3.8) is 0 Å². The molecule has 2 rings (SSSR count). The van der Waals surface area contributed by atoms with Crippen LogP contribution in [0.2, 0.25) is 0 Å². The lowest BCUT2D eigenvalue weighted by atomic mass is 10.2. The molecule has 0 aliphatic carbocycles. The van der Waals surface area contributed by atoms with E-state index in [4.69, 9.17) is 0 Å². The molecule has 0 fully saturated rings. The number of nitrogens with zero attached hydrogens (tertiary/aromatic N) is 1. The summed E-state index contributed by atoms with van der Waals surface area (Å²) in [5, 5.41) is 9.84. The van der Waals surface area contributed by atoms with Gasteiger partial charge in [-0.25, -0.2) is 0 Å². The molecule has 0 unspecified atom stereocenters. The minimum atomic E-state index is 0.00385. The molecule has 0 radical (unpaired) electrons. The highest BCUT2D eigenvalue weighted by atomic mass is 32.2. The van der Waals surface area contributed by atoms with Crippen molar-refractivity contribution in [3.8, 4) is 0 Å². The zero-order valence-corrected chi connectivity index (χ0v) is 13.3. The van der Waals surface area contributed by atoms with Gasteiger partial charge in [0.25, 0.3) is 0 Å². The Morgan fingerprint density at radius 2 is 2.10 bits per heavy atom. The zero-order chi connectivity index (χ0) is 15.1. The monoisotopic (exact) mass is 303 g/mol. The van der Waals surface area contributed by atoms with E-state index in [-0.39, 0.29) is 5.91 Å². The third-order valence-corrected chi connectivity index (χ3v) is 4.05. The highest BCUT2D eigenvalue weighted by molar-refractivity contribution is 7.99. The van der Waals surface area contributed by atoms with Crippen molar-refractivity contribution in [2.24, 2.45) is 0 Å². The molecule has 0 aliphatic rings. The van der Waals surface area contributed by atoms with Crippen LogP contribution in [0.1, 0.15) is 31.0 Å². The minimum absolute atomic E-state index is 0.00385. The number of anilines is 1. The SMILES string of the molecule is CCCc1cc(NC(=O)CCSc2ccc(C)cc2)n[nH]1. The topological polar surface area (TPSA) is 57.8 Å². The predicted molar refractivity (Wildman–Crippen MR) is 87.7 cm³/mol. The molecule has 2 N–H and O–H groups in total. The van der Waals surface area contributed by atoms with E-state index in [1.807, 2.05) is 6.07 Å². The molecule has 2 aromatic rings. The summed E-state index contributed by atoms with van der Waals surface area (Å²) in [5.74, 6) is 1.38. The van der Waals surface area contributed by atoms with Crippen molar-refractivity contribution in [1.82, 2.24) is 10.2 Å². The van der Waals surface area contributed by atoms with Crippen LogP contribution in [0.4, 0.5) is 5.82 Å². The van der Waals surface area contributed by atoms with Crippen molar-refractivity contribution >= 4 is 23.5 Å². The summed E-state index contributed by atoms with van der Waals surface area (Å²) in [5.41, 5.74) is 2.31. The fourth-order valence-electron chi connectivity index (χ4n) is 1.92. The van der Waals surface area contributed by atoms with Gasteiger partial charge in [0.05, 0.1) is 0 Å². The number of carbonyl (C=O) groups excluding carboxylic acids is 1. The molecule has 0 saturated carbocycles. The maximum absolute atomic E-state index is 11.8. The van der Waals surface area contributed by atoms with Gasteiger partial charge in [-0.05, 0) is 25.5 Å². The average molecular weight is 303 g/mol. The summed E-state index contributed by atoms with van der Waals surface area (Å²) in [7, 11) is 0. The molecule has 1 aromatic heterocycles. The molecule has 0 atom stereocenters. The molecule has 0 bridgehead atoms. The van der Waals surface area contributed by atoms with Gasteiger partial charge in [-0.3, -0.25) is 9.89 Å². The summed E-state index contributed by atoms with van der Waals surface area (Å²) in [6, 6.07) is 10.2. The summed E-state index contributed by atoms with van der Waals surface area (Å²) >= 11 is 1.69. The first-order valence-corrected chi connectivity index (χ1v) is 8.19. The van der Waals surface area contributed by atoms with E-state index in [1.165, 1.54) is 10.5 Å². The Kier molecular flexibility index (Phi) is 5.87. The van der Waals surface area contributed by atoms with E-state index in [9.17, 15) is 4.79 Å². The smallest absolute Gasteiger partial charge is 0.226 e. The Bertz CT molecular complexity index is 577. The number of carbonyl (C=O) groups is 1. The maximum Gasteiger partial charge on any atom is 0.226 e. The van der Waals surface area contributed by atoms with Gasteiger partial charge in [0.15, 0.2) is 5.82 Å². The highest BCUT2D eigenvalue weighted by Gasteiger charge is 2.06. The van der Waals surface area contributed by atoms with Crippen LogP contribution in [0.15, 0.2) is 35.2 Å². The molecule has 5 heteroatoms. The summed E-state index contributed by atoms with van der Waals surface area (Å²) in [4.78, 5) is 13.0. The molecule has 0 saturated heterocycles. The van der Waals surface area contributed by atoms with Crippen LogP contribution in [0.25, 0.3) is 0 Å². The maximum atomic E-state index is 11.8. The number of benzene rings is 1. The van der Waals surface area contributed by atoms with Gasteiger partial charge >= 0.3 is 0 Å². The Morgan fingerprint density at radius 1 is 1.33 bits per heavy atom. The lowest BCUT2D eigenvalue weighted by molar-refractivity contribution is -0.115. The highest BCUT2D eigenvalue weighted by Crippen LogP contribution is 2.19. The van der Waals surface area contributed by atoms with Gasteiger partial charge in [-0.15, -0.1) is 11.8 Å². The molecule has 0 aliphatic heterocycles. The van der Waals surface area contributed by atoms with E-state index in [1.54, 1.807) is 11.8 Å². The Hall–Kier alpha value is -1.75. The quantitative estimate of drug-likeness (QED) is 0.765. The van der Waals surface area contributed by atoms with E-state index >= 15 is 0 Å². The van der Waals surface area contributed by atoms with E-state index < -0.39 is 0 Å². The molecule has 0 spiro atoms. The van der Waals surface area contributed by atoms with Crippen molar-refractivity contribution in [2.45, 2.75) is 38.0 Å². The van der Waals surface area contributed by atoms with Crippen molar-refractivity contribution in [3.05, 3.63) is 41.6 Å². The van der Waals surface area contributed by atoms with Crippen LogP contribution in [0.5, 0.6) is 0 Å². The third kappa shape index (κ3) is 5.27. The minimum Gasteiger partial charge on any atom is -0.309 e. The Morgan fingerprint density at radius 3 is 2.81 bits per heavy atom. The van der Waals surface area contributed by atoms with Crippen LogP contribution in [0.3, 0.4) is 0 Å². The van der Waals surface area contributed by atoms with Gasteiger partial charge in [-0.2, -0.15) is 5.10 Å². The molecular weight excluding hydrogens is 282 g/mol. The molecule has 112 valence electrons. The normalized spacial score (nSPS) is 10.6.